The Morgan fingerprint density at radius 3 is 2.24 bits per heavy atom. The van der Waals surface area contributed by atoms with Gasteiger partial charge in [0.1, 0.15) is 0 Å². The zero-order valence-corrected chi connectivity index (χ0v) is 12.4. The van der Waals surface area contributed by atoms with Gasteiger partial charge in [-0.3, -0.25) is 9.59 Å². The van der Waals surface area contributed by atoms with Gasteiger partial charge >= 0.3 is 0 Å². The van der Waals surface area contributed by atoms with Crippen molar-refractivity contribution >= 4 is 11.8 Å². The molecule has 1 aromatic carbocycles. The minimum Gasteiger partial charge on any atom is -0.352 e. The van der Waals surface area contributed by atoms with Crippen LogP contribution in [0, 0.1) is 0 Å². The quantitative estimate of drug-likeness (QED) is 0.895. The van der Waals surface area contributed by atoms with E-state index >= 15 is 0 Å². The van der Waals surface area contributed by atoms with E-state index in [1.165, 1.54) is 32.1 Å². The minimum absolute atomic E-state index is 0.0459. The van der Waals surface area contributed by atoms with Crippen LogP contribution in [-0.2, 0) is 4.79 Å². The normalized spacial score (nSPS) is 16.6. The lowest BCUT2D eigenvalue weighted by atomic mass is 9.97. The molecule has 1 fully saturated rings. The topological polar surface area (TPSA) is 58.2 Å². The van der Waals surface area contributed by atoms with E-state index in [2.05, 4.69) is 10.6 Å². The Morgan fingerprint density at radius 1 is 0.952 bits per heavy atom. The SMILES string of the molecule is O=C(CNC(=O)c1ccccc1)NC1CCCCCCC1. The molecule has 1 aliphatic carbocycles. The molecule has 2 amide bonds. The third kappa shape index (κ3) is 5.58. The molecule has 0 saturated heterocycles. The van der Waals surface area contributed by atoms with E-state index in [0.717, 1.165) is 12.8 Å². The standard InChI is InChI=1S/C17H24N2O2/c20-16(19-15-11-7-2-1-3-8-12-15)13-18-17(21)14-9-5-4-6-10-14/h4-6,9-10,15H,1-3,7-8,11-13H2,(H,18,21)(H,19,20). The first kappa shape index (κ1) is 15.5. The maximum absolute atomic E-state index is 11.9. The van der Waals surface area contributed by atoms with Crippen molar-refractivity contribution in [1.29, 1.82) is 0 Å². The van der Waals surface area contributed by atoms with E-state index in [0.29, 0.717) is 5.56 Å². The average molecular weight is 288 g/mol. The van der Waals surface area contributed by atoms with Gasteiger partial charge in [0.15, 0.2) is 0 Å². The van der Waals surface area contributed by atoms with Crippen LogP contribution in [0.25, 0.3) is 0 Å². The third-order valence-electron chi connectivity index (χ3n) is 3.92. The van der Waals surface area contributed by atoms with Crippen molar-refractivity contribution in [3.8, 4) is 0 Å². The second kappa shape index (κ2) is 8.45. The molecule has 1 aromatic rings. The highest BCUT2D eigenvalue weighted by atomic mass is 16.2. The number of amides is 2. The van der Waals surface area contributed by atoms with Crippen molar-refractivity contribution in [1.82, 2.24) is 10.6 Å². The summed E-state index contributed by atoms with van der Waals surface area (Å²) in [7, 11) is 0. The molecule has 0 bridgehead atoms. The van der Waals surface area contributed by atoms with Crippen LogP contribution in [0.5, 0.6) is 0 Å². The average Bonchev–Trinajstić information content (AvgIpc) is 2.48. The van der Waals surface area contributed by atoms with Crippen LogP contribution in [0.4, 0.5) is 0 Å². The van der Waals surface area contributed by atoms with Gasteiger partial charge in [0.25, 0.3) is 5.91 Å². The van der Waals surface area contributed by atoms with Crippen LogP contribution in [0.3, 0.4) is 0 Å². The maximum Gasteiger partial charge on any atom is 0.251 e. The van der Waals surface area contributed by atoms with Crippen molar-refractivity contribution < 1.29 is 9.59 Å². The van der Waals surface area contributed by atoms with Crippen LogP contribution >= 0.6 is 0 Å². The number of rotatable bonds is 4. The van der Waals surface area contributed by atoms with Gasteiger partial charge in [0.05, 0.1) is 6.54 Å². The molecular formula is C17H24N2O2. The number of carbonyl (C=O) groups is 2. The highest BCUT2D eigenvalue weighted by molar-refractivity contribution is 5.96. The summed E-state index contributed by atoms with van der Waals surface area (Å²) in [4.78, 5) is 23.8. The van der Waals surface area contributed by atoms with Crippen molar-refractivity contribution in [2.24, 2.45) is 0 Å². The van der Waals surface area contributed by atoms with E-state index < -0.39 is 0 Å². The first-order valence-corrected chi connectivity index (χ1v) is 7.88. The van der Waals surface area contributed by atoms with Crippen LogP contribution in [0.1, 0.15) is 55.3 Å². The third-order valence-corrected chi connectivity index (χ3v) is 3.92. The molecule has 0 aliphatic heterocycles. The van der Waals surface area contributed by atoms with Crippen molar-refractivity contribution in [3.05, 3.63) is 35.9 Å². The number of nitrogens with one attached hydrogen (secondary N) is 2. The summed E-state index contributed by atoms with van der Waals surface area (Å²) in [5, 5.41) is 5.71. The van der Waals surface area contributed by atoms with E-state index in [1.807, 2.05) is 18.2 Å². The molecule has 0 aromatic heterocycles. The molecular weight excluding hydrogens is 264 g/mol. The molecule has 21 heavy (non-hydrogen) atoms. The number of hydrogen-bond donors (Lipinski definition) is 2. The Morgan fingerprint density at radius 2 is 1.57 bits per heavy atom. The van der Waals surface area contributed by atoms with E-state index in [4.69, 9.17) is 0 Å². The van der Waals surface area contributed by atoms with E-state index in [9.17, 15) is 9.59 Å². The summed E-state index contributed by atoms with van der Waals surface area (Å²) in [5.41, 5.74) is 0.580. The number of hydrogen-bond acceptors (Lipinski definition) is 2. The number of benzene rings is 1. The lowest BCUT2D eigenvalue weighted by Crippen LogP contribution is -2.42. The Hall–Kier alpha value is -1.84. The maximum atomic E-state index is 11.9. The highest BCUT2D eigenvalue weighted by Gasteiger charge is 2.14. The van der Waals surface area contributed by atoms with Crippen molar-refractivity contribution in [2.75, 3.05) is 6.54 Å². The van der Waals surface area contributed by atoms with Gasteiger partial charge in [-0.2, -0.15) is 0 Å². The van der Waals surface area contributed by atoms with E-state index in [1.54, 1.807) is 12.1 Å². The lowest BCUT2D eigenvalue weighted by Gasteiger charge is -2.21. The van der Waals surface area contributed by atoms with Gasteiger partial charge in [-0.15, -0.1) is 0 Å². The monoisotopic (exact) mass is 288 g/mol. The molecule has 1 saturated carbocycles. The molecule has 2 rings (SSSR count). The first-order chi connectivity index (χ1) is 10.3. The zero-order chi connectivity index (χ0) is 14.9. The summed E-state index contributed by atoms with van der Waals surface area (Å²) in [6.45, 7) is 0.0459. The summed E-state index contributed by atoms with van der Waals surface area (Å²) >= 11 is 0. The molecule has 0 unspecified atom stereocenters. The highest BCUT2D eigenvalue weighted by Crippen LogP contribution is 2.16. The van der Waals surface area contributed by atoms with Gasteiger partial charge < -0.3 is 10.6 Å². The Balaban J connectivity index is 1.72. The second-order valence-electron chi connectivity index (χ2n) is 5.66. The molecule has 0 radical (unpaired) electrons. The van der Waals surface area contributed by atoms with Crippen LogP contribution in [0.15, 0.2) is 30.3 Å². The van der Waals surface area contributed by atoms with Crippen LogP contribution in [0.2, 0.25) is 0 Å². The fourth-order valence-electron chi connectivity index (χ4n) is 2.73. The van der Waals surface area contributed by atoms with Gasteiger partial charge in [0, 0.05) is 11.6 Å². The second-order valence-corrected chi connectivity index (χ2v) is 5.66. The Bertz CT molecular complexity index is 451. The molecule has 0 spiro atoms. The summed E-state index contributed by atoms with van der Waals surface area (Å²) < 4.78 is 0. The largest absolute Gasteiger partial charge is 0.352 e. The molecule has 4 heteroatoms. The zero-order valence-electron chi connectivity index (χ0n) is 12.4. The first-order valence-electron chi connectivity index (χ1n) is 7.88. The summed E-state index contributed by atoms with van der Waals surface area (Å²) in [5.74, 6) is -0.298. The van der Waals surface area contributed by atoms with Crippen molar-refractivity contribution in [3.63, 3.8) is 0 Å². The molecule has 1 aliphatic rings. The predicted octanol–water partition coefficient (Wildman–Crippen LogP) is 2.65. The molecule has 0 heterocycles. The fraction of sp³-hybridized carbons (Fsp3) is 0.529. The van der Waals surface area contributed by atoms with Gasteiger partial charge in [-0.1, -0.05) is 50.3 Å². The van der Waals surface area contributed by atoms with Crippen molar-refractivity contribution in [2.45, 2.75) is 51.0 Å². The molecule has 4 nitrogen and oxygen atoms in total. The predicted molar refractivity (Wildman–Crippen MR) is 83.0 cm³/mol. The van der Waals surface area contributed by atoms with Gasteiger partial charge in [-0.05, 0) is 25.0 Å². The van der Waals surface area contributed by atoms with Crippen LogP contribution < -0.4 is 10.6 Å². The molecule has 114 valence electrons. The van der Waals surface area contributed by atoms with E-state index in [-0.39, 0.29) is 24.4 Å². The lowest BCUT2D eigenvalue weighted by molar-refractivity contribution is -0.120. The smallest absolute Gasteiger partial charge is 0.251 e. The van der Waals surface area contributed by atoms with Crippen LogP contribution in [-0.4, -0.2) is 24.4 Å². The number of carbonyl (C=O) groups excluding carboxylic acids is 2. The fourth-order valence-corrected chi connectivity index (χ4v) is 2.73. The van der Waals surface area contributed by atoms with Gasteiger partial charge in [-0.25, -0.2) is 0 Å². The summed E-state index contributed by atoms with van der Waals surface area (Å²) in [6, 6.07) is 9.22. The summed E-state index contributed by atoms with van der Waals surface area (Å²) in [6.07, 6.45) is 8.31. The molecule has 2 N–H and O–H groups in total. The Labute approximate surface area is 126 Å². The Kier molecular flexibility index (Phi) is 6.25. The van der Waals surface area contributed by atoms with Gasteiger partial charge in [0.2, 0.25) is 5.91 Å². The minimum atomic E-state index is -0.205. The molecule has 0 atom stereocenters.